The standard InChI is InChI=1S/C35H41NO13/c1-15(2)46-14-22(37)35(42)12-18-25(31(41)27-26(29(18)39)28(38)17-7-6-8-20(43-4)24(17)30(27)40)21(13-35)48-23-11-19-32(16(3)47-23)49-33-34(44-5)45-10-9-36(19)33/h6-8,15-16,19,21,23,32-34,39,41-42H,9-14H2,1-5H3/t16-,19-,21-,23-,32+,33+,34-,35-/m0/s1. The Morgan fingerprint density at radius 3 is 2.55 bits per heavy atom. The van der Waals surface area contributed by atoms with E-state index < -0.39 is 89.6 Å². The van der Waals surface area contributed by atoms with Crippen LogP contribution in [0.4, 0.5) is 0 Å². The molecule has 14 heteroatoms. The van der Waals surface area contributed by atoms with Gasteiger partial charge in [-0.1, -0.05) is 12.1 Å². The van der Waals surface area contributed by atoms with Crippen LogP contribution in [0.25, 0.3) is 0 Å². The molecule has 3 fully saturated rings. The predicted molar refractivity (Wildman–Crippen MR) is 168 cm³/mol. The fourth-order valence-corrected chi connectivity index (χ4v) is 7.92. The highest BCUT2D eigenvalue weighted by molar-refractivity contribution is 6.31. The van der Waals surface area contributed by atoms with Crippen LogP contribution in [-0.2, 0) is 39.6 Å². The van der Waals surface area contributed by atoms with Crippen molar-refractivity contribution in [1.82, 2.24) is 4.90 Å². The van der Waals surface area contributed by atoms with Crippen molar-refractivity contribution in [2.45, 2.75) is 94.9 Å². The van der Waals surface area contributed by atoms with Gasteiger partial charge in [0.05, 0.1) is 48.7 Å². The van der Waals surface area contributed by atoms with Crippen LogP contribution in [0.2, 0.25) is 0 Å². The molecule has 0 bridgehead atoms. The van der Waals surface area contributed by atoms with E-state index in [4.69, 9.17) is 33.2 Å². The highest BCUT2D eigenvalue weighted by Crippen LogP contribution is 2.53. The number of ether oxygens (including phenoxy) is 7. The minimum absolute atomic E-state index is 0.0113. The summed E-state index contributed by atoms with van der Waals surface area (Å²) in [6, 6.07) is 4.34. The summed E-state index contributed by atoms with van der Waals surface area (Å²) in [5, 5.41) is 35.5. The summed E-state index contributed by atoms with van der Waals surface area (Å²) in [5.41, 5.74) is -3.10. The van der Waals surface area contributed by atoms with Crippen molar-refractivity contribution in [2.75, 3.05) is 34.0 Å². The van der Waals surface area contributed by atoms with Crippen molar-refractivity contribution in [2.24, 2.45) is 0 Å². The van der Waals surface area contributed by atoms with Crippen molar-refractivity contribution in [1.29, 1.82) is 0 Å². The second kappa shape index (κ2) is 12.7. The molecule has 8 atom stereocenters. The average molecular weight is 684 g/mol. The van der Waals surface area contributed by atoms with Crippen molar-refractivity contribution in [3.63, 3.8) is 0 Å². The number of ketones is 3. The third kappa shape index (κ3) is 5.45. The molecule has 0 unspecified atom stereocenters. The predicted octanol–water partition coefficient (Wildman–Crippen LogP) is 2.14. The van der Waals surface area contributed by atoms with Gasteiger partial charge in [0, 0.05) is 55.6 Å². The first kappa shape index (κ1) is 34.0. The largest absolute Gasteiger partial charge is 0.507 e. The van der Waals surface area contributed by atoms with Gasteiger partial charge in [-0.25, -0.2) is 0 Å². The number of nitrogens with zero attached hydrogens (tertiary/aromatic N) is 1. The Morgan fingerprint density at radius 2 is 1.84 bits per heavy atom. The number of phenols is 2. The number of methoxy groups -OCH3 is 2. The molecule has 5 aliphatic rings. The van der Waals surface area contributed by atoms with Crippen LogP contribution >= 0.6 is 0 Å². The van der Waals surface area contributed by atoms with E-state index in [0.29, 0.717) is 19.6 Å². The van der Waals surface area contributed by atoms with Gasteiger partial charge in [-0.05, 0) is 26.8 Å². The number of aliphatic hydroxyl groups is 1. The number of carbonyl (C=O) groups excluding carboxylic acids is 3. The number of benzene rings is 2. The first-order valence-electron chi connectivity index (χ1n) is 16.5. The number of carbonyl (C=O) groups is 3. The maximum Gasteiger partial charge on any atom is 0.202 e. The van der Waals surface area contributed by atoms with Crippen LogP contribution < -0.4 is 4.74 Å². The molecule has 49 heavy (non-hydrogen) atoms. The summed E-state index contributed by atoms with van der Waals surface area (Å²) in [5.74, 6) is -3.19. The normalized spacial score (nSPS) is 32.3. The topological polar surface area (TPSA) is 180 Å². The summed E-state index contributed by atoms with van der Waals surface area (Å²) < 4.78 is 41.2. The van der Waals surface area contributed by atoms with Crippen molar-refractivity contribution in [3.8, 4) is 17.2 Å². The van der Waals surface area contributed by atoms with Crippen molar-refractivity contribution < 1.29 is 62.9 Å². The summed E-state index contributed by atoms with van der Waals surface area (Å²) >= 11 is 0. The lowest BCUT2D eigenvalue weighted by Crippen LogP contribution is -2.55. The van der Waals surface area contributed by atoms with E-state index in [9.17, 15) is 29.7 Å². The lowest BCUT2D eigenvalue weighted by molar-refractivity contribution is -0.256. The molecule has 2 aliphatic carbocycles. The molecular formula is C35H41NO13. The third-order valence-corrected chi connectivity index (χ3v) is 10.2. The van der Waals surface area contributed by atoms with Crippen LogP contribution in [0, 0.1) is 0 Å². The number of hydrogen-bond donors (Lipinski definition) is 3. The van der Waals surface area contributed by atoms with Gasteiger partial charge in [0.25, 0.3) is 0 Å². The molecule has 0 saturated carbocycles. The van der Waals surface area contributed by atoms with E-state index >= 15 is 0 Å². The van der Waals surface area contributed by atoms with Gasteiger partial charge in [-0.15, -0.1) is 0 Å². The van der Waals surface area contributed by atoms with Gasteiger partial charge < -0.3 is 48.5 Å². The maximum atomic E-state index is 14.0. The number of fused-ring (bicyclic) bond motifs is 6. The van der Waals surface area contributed by atoms with E-state index in [1.165, 1.54) is 19.2 Å². The molecule has 3 heterocycles. The first-order valence-corrected chi connectivity index (χ1v) is 16.5. The van der Waals surface area contributed by atoms with Crippen molar-refractivity contribution >= 4 is 17.3 Å². The zero-order valence-corrected chi connectivity index (χ0v) is 28.0. The van der Waals surface area contributed by atoms with Crippen LogP contribution in [0.1, 0.15) is 82.7 Å². The molecule has 2 aromatic carbocycles. The quantitative estimate of drug-likeness (QED) is 0.294. The Balaban J connectivity index is 1.29. The molecule has 3 N–H and O–H groups in total. The fourth-order valence-electron chi connectivity index (χ4n) is 7.92. The summed E-state index contributed by atoms with van der Waals surface area (Å²) in [6.45, 7) is 5.95. The van der Waals surface area contributed by atoms with Gasteiger partial charge in [-0.3, -0.25) is 19.3 Å². The SMILES string of the molecule is COc1cccc2c1C(=O)c1c(O)c3c(c(O)c1C2=O)C[C@@](O)(C(=O)COC(C)C)C[C@@H]3O[C@H]1C[C@H]2[C@H](O[C@@H]3[C@@H](OC)OCCN32)[C@H](C)O1. The Bertz CT molecular complexity index is 1690. The molecule has 14 nitrogen and oxygen atoms in total. The van der Waals surface area contributed by atoms with Crippen LogP contribution in [0.3, 0.4) is 0 Å². The van der Waals surface area contributed by atoms with Crippen LogP contribution in [0.15, 0.2) is 18.2 Å². The van der Waals surface area contributed by atoms with Gasteiger partial charge >= 0.3 is 0 Å². The average Bonchev–Trinajstić information content (AvgIpc) is 3.46. The van der Waals surface area contributed by atoms with Crippen LogP contribution in [-0.4, -0.2) is 120 Å². The van der Waals surface area contributed by atoms with E-state index in [2.05, 4.69) is 4.90 Å². The minimum atomic E-state index is -2.12. The highest BCUT2D eigenvalue weighted by Gasteiger charge is 2.55. The molecule has 0 spiro atoms. The fraction of sp³-hybridized carbons (Fsp3) is 0.571. The summed E-state index contributed by atoms with van der Waals surface area (Å²) in [4.78, 5) is 43.5. The molecule has 0 radical (unpaired) electrons. The maximum absolute atomic E-state index is 14.0. The molecule has 0 aromatic heterocycles. The lowest BCUT2D eigenvalue weighted by atomic mass is 9.72. The zero-order chi connectivity index (χ0) is 34.9. The number of hydrogen-bond acceptors (Lipinski definition) is 14. The third-order valence-electron chi connectivity index (χ3n) is 10.2. The molecule has 3 aliphatic heterocycles. The Morgan fingerprint density at radius 1 is 1.08 bits per heavy atom. The minimum Gasteiger partial charge on any atom is -0.507 e. The molecule has 3 saturated heterocycles. The number of Topliss-reactive ketones (excluding diaryl/α,β-unsaturated/α-hetero) is 1. The first-order chi connectivity index (χ1) is 23.4. The van der Waals surface area contributed by atoms with Gasteiger partial charge in [-0.2, -0.15) is 0 Å². The Kier molecular flexibility index (Phi) is 8.81. The lowest BCUT2D eigenvalue weighted by Gasteiger charge is -2.43. The monoisotopic (exact) mass is 683 g/mol. The summed E-state index contributed by atoms with van der Waals surface area (Å²) in [6.07, 6.45) is -4.78. The second-order valence-electron chi connectivity index (χ2n) is 13.5. The van der Waals surface area contributed by atoms with Gasteiger partial charge in [0.15, 0.2) is 30.4 Å². The molecule has 7 rings (SSSR count). The Labute approximate surface area is 282 Å². The zero-order valence-electron chi connectivity index (χ0n) is 28.0. The van der Waals surface area contributed by atoms with E-state index in [-0.39, 0.29) is 52.7 Å². The highest BCUT2D eigenvalue weighted by atomic mass is 16.7. The molecule has 264 valence electrons. The molecular weight excluding hydrogens is 642 g/mol. The number of aromatic hydroxyl groups is 2. The van der Waals surface area contributed by atoms with Crippen molar-refractivity contribution in [3.05, 3.63) is 51.6 Å². The van der Waals surface area contributed by atoms with E-state index in [1.807, 2.05) is 6.92 Å². The summed E-state index contributed by atoms with van der Waals surface area (Å²) in [7, 11) is 2.91. The van der Waals surface area contributed by atoms with Gasteiger partial charge in [0.1, 0.15) is 35.6 Å². The van der Waals surface area contributed by atoms with Gasteiger partial charge in [0.2, 0.25) is 5.78 Å². The second-order valence-corrected chi connectivity index (χ2v) is 13.5. The smallest absolute Gasteiger partial charge is 0.202 e. The van der Waals surface area contributed by atoms with Crippen LogP contribution in [0.5, 0.6) is 17.2 Å². The Hall–Kier alpha value is -3.47. The number of phenolic OH excluding ortho intramolecular Hbond substituents is 2. The number of morpholine rings is 1. The number of rotatable bonds is 8. The molecule has 2 aromatic rings. The van der Waals surface area contributed by atoms with E-state index in [1.54, 1.807) is 27.0 Å². The van der Waals surface area contributed by atoms with E-state index in [0.717, 1.165) is 0 Å². The molecule has 0 amide bonds.